The van der Waals surface area contributed by atoms with Gasteiger partial charge in [-0.15, -0.1) is 0 Å². The fraction of sp³-hybridized carbons (Fsp3) is 0.375. The van der Waals surface area contributed by atoms with Crippen molar-refractivity contribution in [3.8, 4) is 12.1 Å². The molecule has 2 rings (SSSR count). The Kier molecular flexibility index (Phi) is 4.90. The molecule has 20 heavy (non-hydrogen) atoms. The van der Waals surface area contributed by atoms with Crippen LogP contribution in [0.15, 0.2) is 30.8 Å². The molecule has 0 aromatic heterocycles. The third kappa shape index (κ3) is 3.45. The average Bonchev–Trinajstić information content (AvgIpc) is 2.51. The maximum atomic E-state index is 8.79. The maximum absolute atomic E-state index is 8.79. The van der Waals surface area contributed by atoms with E-state index in [2.05, 4.69) is 18.7 Å². The van der Waals surface area contributed by atoms with Gasteiger partial charge in [0.25, 0.3) is 0 Å². The van der Waals surface area contributed by atoms with Crippen molar-refractivity contribution < 1.29 is 9.47 Å². The summed E-state index contributed by atoms with van der Waals surface area (Å²) < 4.78 is 10.9. The third-order valence-electron chi connectivity index (χ3n) is 3.28. The molecule has 1 heterocycles. The molecule has 0 N–H and O–H groups in total. The Morgan fingerprint density at radius 3 is 2.30 bits per heavy atom. The normalized spacial score (nSPS) is 21.9. The molecule has 1 fully saturated rings. The van der Waals surface area contributed by atoms with E-state index in [4.69, 9.17) is 20.0 Å². The van der Waals surface area contributed by atoms with Gasteiger partial charge < -0.3 is 9.47 Å². The summed E-state index contributed by atoms with van der Waals surface area (Å²) in [6.07, 6.45) is 1.95. The predicted molar refractivity (Wildman–Crippen MR) is 74.1 cm³/mol. The number of hydrogen-bond acceptors (Lipinski definition) is 4. The molecule has 102 valence electrons. The summed E-state index contributed by atoms with van der Waals surface area (Å²) in [6.45, 7) is 4.74. The molecule has 4 nitrogen and oxygen atoms in total. The van der Waals surface area contributed by atoms with Crippen LogP contribution in [0.3, 0.4) is 0 Å². The number of hydrogen-bond donors (Lipinski definition) is 0. The van der Waals surface area contributed by atoms with Gasteiger partial charge >= 0.3 is 0 Å². The van der Waals surface area contributed by atoms with Crippen molar-refractivity contribution in [3.05, 3.63) is 42.0 Å². The predicted octanol–water partition coefficient (Wildman–Crippen LogP) is 2.52. The third-order valence-corrected chi connectivity index (χ3v) is 3.28. The Morgan fingerprint density at radius 2 is 1.80 bits per heavy atom. The van der Waals surface area contributed by atoms with Crippen molar-refractivity contribution in [3.63, 3.8) is 0 Å². The largest absolute Gasteiger partial charge is 0.350 e. The fourth-order valence-electron chi connectivity index (χ4n) is 2.14. The van der Waals surface area contributed by atoms with E-state index in [0.717, 1.165) is 12.0 Å². The van der Waals surface area contributed by atoms with Crippen LogP contribution in [0.4, 0.5) is 0 Å². The SMILES string of the molecule is C=Cc1ccc(CC2COC(C(C#N)C#N)OC2)cc1. The van der Waals surface area contributed by atoms with Gasteiger partial charge in [0.05, 0.1) is 25.4 Å². The summed E-state index contributed by atoms with van der Waals surface area (Å²) in [6, 6.07) is 11.9. The molecule has 1 aliphatic heterocycles. The lowest BCUT2D eigenvalue weighted by atomic mass is 9.99. The first-order valence-electron chi connectivity index (χ1n) is 6.50. The Morgan fingerprint density at radius 1 is 1.20 bits per heavy atom. The van der Waals surface area contributed by atoms with Gasteiger partial charge in [0.1, 0.15) is 0 Å². The van der Waals surface area contributed by atoms with Crippen molar-refractivity contribution in [2.24, 2.45) is 11.8 Å². The van der Waals surface area contributed by atoms with Gasteiger partial charge in [0.15, 0.2) is 12.2 Å². The van der Waals surface area contributed by atoms with Crippen LogP contribution in [0.5, 0.6) is 0 Å². The van der Waals surface area contributed by atoms with Crippen molar-refractivity contribution in [2.45, 2.75) is 12.7 Å². The molecular formula is C16H16N2O2. The Hall–Kier alpha value is -2.14. The van der Waals surface area contributed by atoms with Gasteiger partial charge in [-0.1, -0.05) is 36.9 Å². The Labute approximate surface area is 118 Å². The van der Waals surface area contributed by atoms with Gasteiger partial charge in [0, 0.05) is 5.92 Å². The summed E-state index contributed by atoms with van der Waals surface area (Å²) in [5.74, 6) is -0.610. The van der Waals surface area contributed by atoms with Crippen molar-refractivity contribution >= 4 is 6.08 Å². The minimum atomic E-state index is -0.858. The van der Waals surface area contributed by atoms with Gasteiger partial charge in [-0.2, -0.15) is 10.5 Å². The summed E-state index contributed by atoms with van der Waals surface area (Å²) in [5, 5.41) is 17.6. The number of rotatable bonds is 4. The Bertz CT molecular complexity index is 517. The number of nitrogens with zero attached hydrogens (tertiary/aromatic N) is 2. The van der Waals surface area contributed by atoms with Crippen LogP contribution in [0.25, 0.3) is 6.08 Å². The second-order valence-electron chi connectivity index (χ2n) is 4.79. The lowest BCUT2D eigenvalue weighted by Gasteiger charge is -2.29. The molecule has 0 unspecified atom stereocenters. The summed E-state index contributed by atoms with van der Waals surface area (Å²) >= 11 is 0. The highest BCUT2D eigenvalue weighted by Crippen LogP contribution is 2.20. The molecule has 4 heteroatoms. The molecule has 0 amide bonds. The zero-order valence-electron chi connectivity index (χ0n) is 11.2. The molecule has 1 aromatic carbocycles. The molecule has 1 aromatic rings. The standard InChI is InChI=1S/C16H16N2O2/c1-2-12-3-5-13(6-4-12)7-14-10-19-16(20-11-14)15(8-17)9-18/h2-6,14-16H,1,7,10-11H2. The van der Waals surface area contributed by atoms with E-state index in [1.165, 1.54) is 5.56 Å². The average molecular weight is 268 g/mol. The van der Waals surface area contributed by atoms with Crippen LogP contribution in [0.1, 0.15) is 11.1 Å². The zero-order valence-corrected chi connectivity index (χ0v) is 11.2. The summed E-state index contributed by atoms with van der Waals surface area (Å²) in [5.41, 5.74) is 2.30. The van der Waals surface area contributed by atoms with Crippen molar-refractivity contribution in [2.75, 3.05) is 13.2 Å². The van der Waals surface area contributed by atoms with E-state index >= 15 is 0 Å². The van der Waals surface area contributed by atoms with Gasteiger partial charge in [0.2, 0.25) is 0 Å². The zero-order chi connectivity index (χ0) is 14.4. The Balaban J connectivity index is 1.86. The number of ether oxygens (including phenoxy) is 2. The molecular weight excluding hydrogens is 252 g/mol. The lowest BCUT2D eigenvalue weighted by Crippen LogP contribution is -2.37. The van der Waals surface area contributed by atoms with Crippen molar-refractivity contribution in [1.82, 2.24) is 0 Å². The lowest BCUT2D eigenvalue weighted by molar-refractivity contribution is -0.208. The smallest absolute Gasteiger partial charge is 0.186 e. The van der Waals surface area contributed by atoms with Crippen LogP contribution >= 0.6 is 0 Å². The topological polar surface area (TPSA) is 66.0 Å². The number of benzene rings is 1. The maximum Gasteiger partial charge on any atom is 0.186 e. The second kappa shape index (κ2) is 6.86. The van der Waals surface area contributed by atoms with Crippen LogP contribution in [-0.2, 0) is 15.9 Å². The minimum absolute atomic E-state index is 0.249. The number of nitriles is 2. The van der Waals surface area contributed by atoms with Crippen LogP contribution < -0.4 is 0 Å². The second-order valence-corrected chi connectivity index (χ2v) is 4.79. The molecule has 0 saturated carbocycles. The first-order chi connectivity index (χ1) is 9.76. The highest BCUT2D eigenvalue weighted by Gasteiger charge is 2.29. The molecule has 0 bridgehead atoms. The van der Waals surface area contributed by atoms with E-state index in [9.17, 15) is 0 Å². The van der Waals surface area contributed by atoms with Gasteiger partial charge in [-0.3, -0.25) is 0 Å². The monoisotopic (exact) mass is 268 g/mol. The van der Waals surface area contributed by atoms with Crippen LogP contribution in [0.2, 0.25) is 0 Å². The first-order valence-corrected chi connectivity index (χ1v) is 6.50. The summed E-state index contributed by atoms with van der Waals surface area (Å²) in [7, 11) is 0. The van der Waals surface area contributed by atoms with Gasteiger partial charge in [-0.25, -0.2) is 0 Å². The summed E-state index contributed by atoms with van der Waals surface area (Å²) in [4.78, 5) is 0. The highest BCUT2D eigenvalue weighted by molar-refractivity contribution is 5.47. The molecule has 1 aliphatic rings. The van der Waals surface area contributed by atoms with Crippen LogP contribution in [-0.4, -0.2) is 19.5 Å². The minimum Gasteiger partial charge on any atom is -0.350 e. The van der Waals surface area contributed by atoms with E-state index < -0.39 is 12.2 Å². The van der Waals surface area contributed by atoms with Gasteiger partial charge in [-0.05, 0) is 17.5 Å². The molecule has 0 aliphatic carbocycles. The molecule has 0 radical (unpaired) electrons. The van der Waals surface area contributed by atoms with E-state index in [1.807, 2.05) is 30.3 Å². The van der Waals surface area contributed by atoms with E-state index in [1.54, 1.807) is 0 Å². The van der Waals surface area contributed by atoms with Crippen molar-refractivity contribution in [1.29, 1.82) is 10.5 Å². The fourth-order valence-corrected chi connectivity index (χ4v) is 2.14. The quantitative estimate of drug-likeness (QED) is 0.841. The molecule has 0 atom stereocenters. The van der Waals surface area contributed by atoms with Crippen LogP contribution in [0, 0.1) is 34.5 Å². The van der Waals surface area contributed by atoms with E-state index in [-0.39, 0.29) is 5.92 Å². The van der Waals surface area contributed by atoms with E-state index in [0.29, 0.717) is 13.2 Å². The molecule has 0 spiro atoms. The first kappa shape index (κ1) is 14.3. The molecule has 1 saturated heterocycles. The highest BCUT2D eigenvalue weighted by atomic mass is 16.7.